The fraction of sp³-hybridized carbons (Fsp3) is 0.167. The lowest BCUT2D eigenvalue weighted by atomic mass is 10.0. The Labute approximate surface area is 139 Å². The van der Waals surface area contributed by atoms with Gasteiger partial charge in [0, 0.05) is 33.5 Å². The predicted molar refractivity (Wildman–Crippen MR) is 91.8 cm³/mol. The van der Waals surface area contributed by atoms with E-state index in [-0.39, 0.29) is 11.7 Å². The molecule has 23 heavy (non-hydrogen) atoms. The average molecular weight is 330 g/mol. The molecule has 0 aliphatic carbocycles. The molecular weight excluding hydrogens is 314 g/mol. The van der Waals surface area contributed by atoms with E-state index in [0.29, 0.717) is 34.2 Å². The Morgan fingerprint density at radius 3 is 2.83 bits per heavy atom. The predicted octanol–water partition coefficient (Wildman–Crippen LogP) is 4.33. The van der Waals surface area contributed by atoms with Crippen molar-refractivity contribution in [1.82, 2.24) is 0 Å². The minimum absolute atomic E-state index is 0.0642. The number of phenolic OH excluding ortho intramolecular Hbond substituents is 1. The molecule has 3 rings (SSSR count). The van der Waals surface area contributed by atoms with Crippen LogP contribution < -0.4 is 10.1 Å². The highest BCUT2D eigenvalue weighted by molar-refractivity contribution is 6.36. The minimum Gasteiger partial charge on any atom is -0.507 e. The second-order valence-electron chi connectivity index (χ2n) is 5.27. The van der Waals surface area contributed by atoms with Crippen molar-refractivity contribution in [2.45, 2.75) is 13.3 Å². The van der Waals surface area contributed by atoms with Crippen molar-refractivity contribution in [1.29, 1.82) is 0 Å². The number of halogens is 1. The number of fused-ring (bicyclic) bond motifs is 1. The van der Waals surface area contributed by atoms with E-state index < -0.39 is 0 Å². The lowest BCUT2D eigenvalue weighted by Crippen LogP contribution is -2.03. The van der Waals surface area contributed by atoms with E-state index in [0.717, 1.165) is 12.0 Å². The molecular formula is C18H16ClNO3. The molecule has 0 radical (unpaired) electrons. The quantitative estimate of drug-likeness (QED) is 0.821. The zero-order chi connectivity index (χ0) is 16.4. The summed E-state index contributed by atoms with van der Waals surface area (Å²) in [5, 5.41) is 13.5. The lowest BCUT2D eigenvalue weighted by molar-refractivity contribution is -0.110. The first-order valence-corrected chi connectivity index (χ1v) is 7.75. The molecule has 0 saturated carbocycles. The van der Waals surface area contributed by atoms with Gasteiger partial charge in [0.1, 0.15) is 11.5 Å². The monoisotopic (exact) mass is 329 g/mol. The van der Waals surface area contributed by atoms with Gasteiger partial charge in [0.2, 0.25) is 0 Å². The molecule has 0 unspecified atom stereocenters. The Morgan fingerprint density at radius 1 is 1.26 bits per heavy atom. The smallest absolute Gasteiger partial charge is 0.256 e. The van der Waals surface area contributed by atoms with Crippen LogP contribution >= 0.6 is 11.6 Å². The molecule has 5 heteroatoms. The standard InChI is InChI=1S/C18H16ClNO3/c1-2-7-23-13-5-3-11(17(21)10-13)8-15-14-9-12(19)4-6-16(14)20-18(15)22/h3-6,8-10,21H,2,7H2,1H3,(H,20,22)/b15-8-. The highest BCUT2D eigenvalue weighted by Crippen LogP contribution is 2.36. The third-order valence-corrected chi connectivity index (χ3v) is 3.77. The molecule has 0 saturated heterocycles. The summed E-state index contributed by atoms with van der Waals surface area (Å²) < 4.78 is 5.48. The van der Waals surface area contributed by atoms with E-state index in [2.05, 4.69) is 5.32 Å². The van der Waals surface area contributed by atoms with E-state index in [9.17, 15) is 9.90 Å². The average Bonchev–Trinajstić information content (AvgIpc) is 2.83. The Kier molecular flexibility index (Phi) is 4.26. The summed E-state index contributed by atoms with van der Waals surface area (Å²) in [6.45, 7) is 2.61. The van der Waals surface area contributed by atoms with Crippen LogP contribution in [0.2, 0.25) is 5.02 Å². The van der Waals surface area contributed by atoms with Gasteiger partial charge in [-0.2, -0.15) is 0 Å². The molecule has 1 amide bonds. The molecule has 0 spiro atoms. The van der Waals surface area contributed by atoms with Crippen LogP contribution in [-0.2, 0) is 4.79 Å². The summed E-state index contributed by atoms with van der Waals surface area (Å²) in [6, 6.07) is 10.3. The molecule has 2 N–H and O–H groups in total. The second-order valence-corrected chi connectivity index (χ2v) is 5.71. The largest absolute Gasteiger partial charge is 0.507 e. The van der Waals surface area contributed by atoms with Crippen LogP contribution in [0.1, 0.15) is 24.5 Å². The molecule has 1 aliphatic heterocycles. The Hall–Kier alpha value is -2.46. The number of amides is 1. The summed E-state index contributed by atoms with van der Waals surface area (Å²) in [4.78, 5) is 12.1. The van der Waals surface area contributed by atoms with Gasteiger partial charge in [0.05, 0.1) is 6.61 Å². The minimum atomic E-state index is -0.215. The number of rotatable bonds is 4. The van der Waals surface area contributed by atoms with Gasteiger partial charge in [-0.1, -0.05) is 18.5 Å². The van der Waals surface area contributed by atoms with Crippen molar-refractivity contribution in [2.75, 3.05) is 11.9 Å². The maximum atomic E-state index is 12.1. The van der Waals surface area contributed by atoms with Crippen molar-refractivity contribution < 1.29 is 14.6 Å². The van der Waals surface area contributed by atoms with Gasteiger partial charge in [0.25, 0.3) is 5.91 Å². The first kappa shape index (κ1) is 15.4. The number of phenols is 1. The molecule has 1 heterocycles. The number of hydrogen-bond acceptors (Lipinski definition) is 3. The lowest BCUT2D eigenvalue weighted by Gasteiger charge is -2.07. The summed E-state index contributed by atoms with van der Waals surface area (Å²) in [7, 11) is 0. The van der Waals surface area contributed by atoms with Gasteiger partial charge in [-0.15, -0.1) is 0 Å². The maximum absolute atomic E-state index is 12.1. The molecule has 1 aliphatic rings. The zero-order valence-electron chi connectivity index (χ0n) is 12.6. The van der Waals surface area contributed by atoms with Crippen molar-refractivity contribution in [2.24, 2.45) is 0 Å². The van der Waals surface area contributed by atoms with Gasteiger partial charge < -0.3 is 15.2 Å². The SMILES string of the molecule is CCCOc1ccc(/C=C2\C(=O)Nc3ccc(Cl)cc32)c(O)c1. The molecule has 0 atom stereocenters. The highest BCUT2D eigenvalue weighted by Gasteiger charge is 2.24. The van der Waals surface area contributed by atoms with Crippen LogP contribution in [0.15, 0.2) is 36.4 Å². The molecule has 0 fully saturated rings. The molecule has 118 valence electrons. The molecule has 0 bridgehead atoms. The van der Waals surface area contributed by atoms with E-state index in [1.807, 2.05) is 6.92 Å². The number of nitrogens with one attached hydrogen (secondary N) is 1. The van der Waals surface area contributed by atoms with E-state index in [1.165, 1.54) is 0 Å². The van der Waals surface area contributed by atoms with Gasteiger partial charge in [-0.05, 0) is 42.8 Å². The number of aromatic hydroxyl groups is 1. The fourth-order valence-electron chi connectivity index (χ4n) is 2.41. The number of anilines is 1. The molecule has 2 aromatic carbocycles. The number of ether oxygens (including phenoxy) is 1. The van der Waals surface area contributed by atoms with Crippen LogP contribution in [0.3, 0.4) is 0 Å². The molecule has 4 nitrogen and oxygen atoms in total. The number of carbonyl (C=O) groups excluding carboxylic acids is 1. The molecule has 2 aromatic rings. The molecule has 0 aromatic heterocycles. The third kappa shape index (κ3) is 3.17. The Balaban J connectivity index is 1.96. The van der Waals surface area contributed by atoms with Crippen LogP contribution in [0, 0.1) is 0 Å². The summed E-state index contributed by atoms with van der Waals surface area (Å²) in [6.07, 6.45) is 2.54. The van der Waals surface area contributed by atoms with Crippen molar-refractivity contribution >= 4 is 34.8 Å². The van der Waals surface area contributed by atoms with E-state index in [4.69, 9.17) is 16.3 Å². The Morgan fingerprint density at radius 2 is 2.09 bits per heavy atom. The maximum Gasteiger partial charge on any atom is 0.256 e. The topological polar surface area (TPSA) is 58.6 Å². The van der Waals surface area contributed by atoms with Gasteiger partial charge in [-0.3, -0.25) is 4.79 Å². The van der Waals surface area contributed by atoms with E-state index >= 15 is 0 Å². The fourth-order valence-corrected chi connectivity index (χ4v) is 2.59. The summed E-state index contributed by atoms with van der Waals surface area (Å²) in [5.41, 5.74) is 2.47. The Bertz CT molecular complexity index is 799. The normalized spacial score (nSPS) is 14.7. The van der Waals surface area contributed by atoms with Crippen LogP contribution in [0.25, 0.3) is 11.6 Å². The number of benzene rings is 2. The van der Waals surface area contributed by atoms with Gasteiger partial charge >= 0.3 is 0 Å². The van der Waals surface area contributed by atoms with Crippen molar-refractivity contribution in [3.63, 3.8) is 0 Å². The number of carbonyl (C=O) groups is 1. The third-order valence-electron chi connectivity index (χ3n) is 3.54. The van der Waals surface area contributed by atoms with Gasteiger partial charge in [-0.25, -0.2) is 0 Å². The van der Waals surface area contributed by atoms with Crippen molar-refractivity contribution in [3.05, 3.63) is 52.5 Å². The first-order chi connectivity index (χ1) is 11.1. The van der Waals surface area contributed by atoms with Gasteiger partial charge in [0.15, 0.2) is 0 Å². The highest BCUT2D eigenvalue weighted by atomic mass is 35.5. The zero-order valence-corrected chi connectivity index (χ0v) is 13.4. The summed E-state index contributed by atoms with van der Waals surface area (Å²) >= 11 is 6.01. The summed E-state index contributed by atoms with van der Waals surface area (Å²) in [5.74, 6) is 0.452. The number of hydrogen-bond donors (Lipinski definition) is 2. The van der Waals surface area contributed by atoms with Crippen LogP contribution in [0.4, 0.5) is 5.69 Å². The second kappa shape index (κ2) is 6.34. The van der Waals surface area contributed by atoms with E-state index in [1.54, 1.807) is 42.5 Å². The first-order valence-electron chi connectivity index (χ1n) is 7.37. The van der Waals surface area contributed by atoms with Crippen LogP contribution in [0.5, 0.6) is 11.5 Å². The van der Waals surface area contributed by atoms with Crippen LogP contribution in [-0.4, -0.2) is 17.6 Å². The van der Waals surface area contributed by atoms with Crippen molar-refractivity contribution in [3.8, 4) is 11.5 Å².